The Morgan fingerprint density at radius 1 is 0.889 bits per heavy atom. The second-order valence-electron chi connectivity index (χ2n) is 9.71. The first-order valence-corrected chi connectivity index (χ1v) is 13.2. The van der Waals surface area contributed by atoms with Crippen molar-refractivity contribution in [2.24, 2.45) is 5.92 Å². The van der Waals surface area contributed by atoms with Crippen LogP contribution in [-0.2, 0) is 24.3 Å². The number of hydrogen-bond acceptors (Lipinski definition) is 6. The monoisotopic (exact) mass is 505 g/mol. The van der Waals surface area contributed by atoms with E-state index in [9.17, 15) is 15.0 Å². The van der Waals surface area contributed by atoms with Crippen LogP contribution in [0, 0.1) is 5.92 Å². The molecule has 6 nitrogen and oxygen atoms in total. The Labute approximate surface area is 218 Å². The lowest BCUT2D eigenvalue weighted by molar-refractivity contribution is -0.122. The molecule has 1 heterocycles. The van der Waals surface area contributed by atoms with Crippen molar-refractivity contribution in [3.8, 4) is 0 Å². The van der Waals surface area contributed by atoms with Crippen LogP contribution in [0.5, 0.6) is 0 Å². The number of anilines is 1. The summed E-state index contributed by atoms with van der Waals surface area (Å²) >= 11 is 1.19. The molecule has 1 aliphatic heterocycles. The highest BCUT2D eigenvalue weighted by atomic mass is 32.2. The lowest BCUT2D eigenvalue weighted by Gasteiger charge is -2.25. The van der Waals surface area contributed by atoms with Gasteiger partial charge in [-0.1, -0.05) is 80.6 Å². The third-order valence-electron chi connectivity index (χ3n) is 6.38. The molecule has 190 valence electrons. The molecule has 3 N–H and O–H groups in total. The van der Waals surface area contributed by atoms with Crippen LogP contribution < -0.4 is 9.62 Å². The lowest BCUT2D eigenvalue weighted by Crippen LogP contribution is -2.40. The van der Waals surface area contributed by atoms with Crippen molar-refractivity contribution in [3.05, 3.63) is 101 Å². The van der Waals surface area contributed by atoms with E-state index >= 15 is 0 Å². The van der Waals surface area contributed by atoms with Crippen LogP contribution in [0.15, 0.2) is 78.9 Å². The first kappa shape index (κ1) is 26.2. The van der Waals surface area contributed by atoms with Gasteiger partial charge in [-0.3, -0.25) is 9.10 Å². The fourth-order valence-electron chi connectivity index (χ4n) is 4.27. The number of carbonyl (C=O) groups is 1. The van der Waals surface area contributed by atoms with E-state index in [0.29, 0.717) is 19.0 Å². The van der Waals surface area contributed by atoms with E-state index in [2.05, 4.69) is 43.4 Å². The third kappa shape index (κ3) is 6.48. The van der Waals surface area contributed by atoms with Crippen LogP contribution in [0.25, 0.3) is 0 Å². The van der Waals surface area contributed by atoms with Crippen LogP contribution in [0.2, 0.25) is 0 Å². The summed E-state index contributed by atoms with van der Waals surface area (Å²) in [5, 5.41) is 24.3. The minimum atomic E-state index is -0.938. The SMILES string of the molecule is CC(C)Cc1ccc(C(C)C(=O)NCc2ccc(CN3C(O)SN(c4ccccc4)C3O)cc2)cc1. The predicted octanol–water partition coefficient (Wildman–Crippen LogP) is 4.83. The predicted molar refractivity (Wildman–Crippen MR) is 146 cm³/mol. The summed E-state index contributed by atoms with van der Waals surface area (Å²) in [4.78, 5) is 14.3. The molecule has 36 heavy (non-hydrogen) atoms. The van der Waals surface area contributed by atoms with Gasteiger partial charge in [-0.2, -0.15) is 0 Å². The van der Waals surface area contributed by atoms with Crippen molar-refractivity contribution in [1.29, 1.82) is 0 Å². The highest BCUT2D eigenvalue weighted by Gasteiger charge is 2.38. The zero-order valence-corrected chi connectivity index (χ0v) is 21.9. The minimum Gasteiger partial charge on any atom is -0.367 e. The van der Waals surface area contributed by atoms with Crippen LogP contribution in [0.3, 0.4) is 0 Å². The largest absolute Gasteiger partial charge is 0.367 e. The number of para-hydroxylation sites is 1. The van der Waals surface area contributed by atoms with E-state index in [4.69, 9.17) is 0 Å². The Hall–Kier alpha value is -2.84. The fourth-order valence-corrected chi connectivity index (χ4v) is 5.26. The number of aliphatic hydroxyl groups excluding tert-OH is 2. The number of carbonyl (C=O) groups excluding carboxylic acids is 1. The van der Waals surface area contributed by atoms with E-state index in [1.165, 1.54) is 17.5 Å². The Morgan fingerprint density at radius 2 is 1.50 bits per heavy atom. The molecule has 1 amide bonds. The smallest absolute Gasteiger partial charge is 0.227 e. The van der Waals surface area contributed by atoms with Gasteiger partial charge in [-0.15, -0.1) is 0 Å². The van der Waals surface area contributed by atoms with Gasteiger partial charge in [0.1, 0.15) is 0 Å². The maximum absolute atomic E-state index is 12.7. The van der Waals surface area contributed by atoms with Gasteiger partial charge in [0, 0.05) is 25.0 Å². The first-order valence-electron chi connectivity index (χ1n) is 12.4. The number of amides is 1. The average molecular weight is 506 g/mol. The quantitative estimate of drug-likeness (QED) is 0.362. The molecule has 3 aromatic carbocycles. The maximum atomic E-state index is 12.7. The molecule has 7 heteroatoms. The van der Waals surface area contributed by atoms with Crippen LogP contribution >= 0.6 is 11.9 Å². The topological polar surface area (TPSA) is 76.0 Å². The van der Waals surface area contributed by atoms with E-state index < -0.39 is 11.9 Å². The molecule has 0 saturated carbocycles. The number of rotatable bonds is 9. The van der Waals surface area contributed by atoms with Crippen LogP contribution in [-0.4, -0.2) is 32.9 Å². The highest BCUT2D eigenvalue weighted by Crippen LogP contribution is 2.37. The molecule has 0 bridgehead atoms. The number of benzene rings is 3. The molecule has 3 aromatic rings. The van der Waals surface area contributed by atoms with E-state index in [1.54, 1.807) is 9.21 Å². The molecule has 1 fully saturated rings. The lowest BCUT2D eigenvalue weighted by atomic mass is 9.96. The summed E-state index contributed by atoms with van der Waals surface area (Å²) in [6, 6.07) is 25.7. The Balaban J connectivity index is 1.29. The highest BCUT2D eigenvalue weighted by molar-refractivity contribution is 8.01. The molecule has 0 radical (unpaired) electrons. The number of nitrogens with zero attached hydrogens (tertiary/aromatic N) is 2. The molecule has 1 saturated heterocycles. The Bertz CT molecular complexity index is 1120. The van der Waals surface area contributed by atoms with Crippen molar-refractivity contribution in [3.63, 3.8) is 0 Å². The van der Waals surface area contributed by atoms with Crippen LogP contribution in [0.1, 0.15) is 48.9 Å². The zero-order chi connectivity index (χ0) is 25.7. The number of nitrogens with one attached hydrogen (secondary N) is 1. The Morgan fingerprint density at radius 3 is 2.14 bits per heavy atom. The molecular formula is C29H35N3O3S. The minimum absolute atomic E-state index is 0.00275. The molecule has 4 rings (SSSR count). The van der Waals surface area contributed by atoms with Gasteiger partial charge in [0.2, 0.25) is 5.91 Å². The second-order valence-corrected chi connectivity index (χ2v) is 10.7. The van der Waals surface area contributed by atoms with Gasteiger partial charge in [-0.05, 0) is 53.6 Å². The van der Waals surface area contributed by atoms with Crippen molar-refractivity contribution in [2.75, 3.05) is 4.31 Å². The molecule has 3 atom stereocenters. The van der Waals surface area contributed by atoms with Crippen molar-refractivity contribution >= 4 is 23.5 Å². The van der Waals surface area contributed by atoms with Gasteiger partial charge in [0.25, 0.3) is 0 Å². The summed E-state index contributed by atoms with van der Waals surface area (Å²) in [5.41, 5.74) is 4.26. The average Bonchev–Trinajstić information content (AvgIpc) is 3.16. The molecule has 0 aromatic heterocycles. The van der Waals surface area contributed by atoms with Gasteiger partial charge in [0.15, 0.2) is 11.9 Å². The summed E-state index contributed by atoms with van der Waals surface area (Å²) < 4.78 is 1.70. The maximum Gasteiger partial charge on any atom is 0.227 e. The van der Waals surface area contributed by atoms with Crippen molar-refractivity contribution in [1.82, 2.24) is 10.2 Å². The third-order valence-corrected chi connectivity index (χ3v) is 7.47. The second kappa shape index (κ2) is 11.9. The fraction of sp³-hybridized carbons (Fsp3) is 0.345. The Kier molecular flexibility index (Phi) is 8.69. The standard InChI is InChI=1S/C29H35N3O3S/c1-20(2)17-22-13-15-25(16-14-22)21(3)27(33)30-18-23-9-11-24(12-10-23)19-31-28(34)32(36-29(31)35)26-7-5-4-6-8-26/h4-16,20-21,28-29,34-35H,17-19H2,1-3H3,(H,30,33). The van der Waals surface area contributed by atoms with Gasteiger partial charge in [0.05, 0.1) is 11.6 Å². The van der Waals surface area contributed by atoms with E-state index in [-0.39, 0.29) is 11.8 Å². The van der Waals surface area contributed by atoms with Crippen molar-refractivity contribution in [2.45, 2.75) is 58.1 Å². The molecule has 3 unspecified atom stereocenters. The molecule has 0 aliphatic carbocycles. The van der Waals surface area contributed by atoms with E-state index in [0.717, 1.165) is 28.8 Å². The summed E-state index contributed by atoms with van der Waals surface area (Å²) in [7, 11) is 0. The summed E-state index contributed by atoms with van der Waals surface area (Å²) in [6.45, 7) is 7.18. The van der Waals surface area contributed by atoms with Crippen LogP contribution in [0.4, 0.5) is 5.69 Å². The van der Waals surface area contributed by atoms with Gasteiger partial charge >= 0.3 is 0 Å². The molecular weight excluding hydrogens is 470 g/mol. The molecule has 0 spiro atoms. The summed E-state index contributed by atoms with van der Waals surface area (Å²) in [6.07, 6.45) is 0.101. The first-order chi connectivity index (χ1) is 17.3. The van der Waals surface area contributed by atoms with E-state index in [1.807, 2.05) is 61.5 Å². The normalized spacial score (nSPS) is 19.0. The van der Waals surface area contributed by atoms with Crippen molar-refractivity contribution < 1.29 is 15.0 Å². The molecule has 1 aliphatic rings. The summed E-state index contributed by atoms with van der Waals surface area (Å²) in [5.74, 6) is 0.383. The number of hydrogen-bond donors (Lipinski definition) is 3. The number of aliphatic hydroxyl groups is 2. The van der Waals surface area contributed by atoms with Gasteiger partial charge < -0.3 is 15.5 Å². The zero-order valence-electron chi connectivity index (χ0n) is 21.0. The van der Waals surface area contributed by atoms with Gasteiger partial charge in [-0.25, -0.2) is 4.90 Å².